The minimum absolute atomic E-state index is 0.0217. The lowest BCUT2D eigenvalue weighted by atomic mass is 10.1. The van der Waals surface area contributed by atoms with Gasteiger partial charge in [0.15, 0.2) is 11.6 Å². The van der Waals surface area contributed by atoms with Crippen LogP contribution < -0.4 is 5.32 Å². The normalized spacial score (nSPS) is 10.2. The van der Waals surface area contributed by atoms with E-state index in [-0.39, 0.29) is 12.1 Å². The Morgan fingerprint density at radius 3 is 2.76 bits per heavy atom. The van der Waals surface area contributed by atoms with Crippen LogP contribution in [0.4, 0.5) is 14.5 Å². The van der Waals surface area contributed by atoms with Gasteiger partial charge in [0, 0.05) is 17.8 Å². The number of carbonyl (C=O) groups is 1. The van der Waals surface area contributed by atoms with Crippen molar-refractivity contribution in [1.82, 2.24) is 0 Å². The van der Waals surface area contributed by atoms with Gasteiger partial charge in [-0.25, -0.2) is 13.6 Å². The summed E-state index contributed by atoms with van der Waals surface area (Å²) in [6.07, 6.45) is 0. The summed E-state index contributed by atoms with van der Waals surface area (Å²) >= 11 is 0. The Bertz CT molecular complexity index is 674. The van der Waals surface area contributed by atoms with Crippen LogP contribution in [-0.4, -0.2) is 18.2 Å². The van der Waals surface area contributed by atoms with E-state index in [9.17, 15) is 18.7 Å². The number of phenolic OH excluding ortho intramolecular Hbond substituents is 1. The average molecular weight is 293 g/mol. The van der Waals surface area contributed by atoms with Crippen molar-refractivity contribution in [3.05, 3.63) is 59.2 Å². The van der Waals surface area contributed by atoms with Crippen LogP contribution in [-0.2, 0) is 11.3 Å². The molecule has 0 aromatic heterocycles. The van der Waals surface area contributed by atoms with Crippen molar-refractivity contribution in [3.8, 4) is 5.75 Å². The number of esters is 1. The molecule has 0 atom stereocenters. The van der Waals surface area contributed by atoms with E-state index in [0.29, 0.717) is 11.3 Å². The molecule has 2 aromatic rings. The molecule has 4 nitrogen and oxygen atoms in total. The van der Waals surface area contributed by atoms with Gasteiger partial charge < -0.3 is 15.2 Å². The summed E-state index contributed by atoms with van der Waals surface area (Å²) in [5.74, 6) is -2.47. The van der Waals surface area contributed by atoms with Crippen molar-refractivity contribution in [2.75, 3.05) is 12.4 Å². The van der Waals surface area contributed by atoms with Gasteiger partial charge in [-0.15, -0.1) is 0 Å². The fourth-order valence-electron chi connectivity index (χ4n) is 1.84. The number of carbonyl (C=O) groups excluding carboxylic acids is 1. The van der Waals surface area contributed by atoms with Crippen molar-refractivity contribution in [2.24, 2.45) is 0 Å². The van der Waals surface area contributed by atoms with Gasteiger partial charge in [-0.05, 0) is 24.3 Å². The van der Waals surface area contributed by atoms with E-state index in [4.69, 9.17) is 0 Å². The molecule has 0 unspecified atom stereocenters. The van der Waals surface area contributed by atoms with Crippen LogP contribution in [0.5, 0.6) is 5.75 Å². The smallest absolute Gasteiger partial charge is 0.340 e. The Morgan fingerprint density at radius 1 is 1.29 bits per heavy atom. The van der Waals surface area contributed by atoms with Crippen LogP contribution in [0, 0.1) is 11.6 Å². The Labute approximate surface area is 120 Å². The Kier molecular flexibility index (Phi) is 4.37. The van der Waals surface area contributed by atoms with Gasteiger partial charge >= 0.3 is 5.97 Å². The van der Waals surface area contributed by atoms with E-state index in [1.165, 1.54) is 31.4 Å². The zero-order chi connectivity index (χ0) is 15.4. The maximum atomic E-state index is 13.2. The number of para-hydroxylation sites is 1. The number of aromatic hydroxyl groups is 1. The van der Waals surface area contributed by atoms with Crippen molar-refractivity contribution >= 4 is 11.7 Å². The molecule has 0 bridgehead atoms. The largest absolute Gasteiger partial charge is 0.505 e. The molecule has 0 aliphatic rings. The highest BCUT2D eigenvalue weighted by atomic mass is 19.1. The number of benzene rings is 2. The average Bonchev–Trinajstić information content (AvgIpc) is 2.49. The lowest BCUT2D eigenvalue weighted by Gasteiger charge is -2.12. The Hall–Kier alpha value is -2.63. The molecule has 0 amide bonds. The zero-order valence-electron chi connectivity index (χ0n) is 11.2. The molecule has 2 N–H and O–H groups in total. The van der Waals surface area contributed by atoms with Crippen LogP contribution in [0.15, 0.2) is 36.4 Å². The van der Waals surface area contributed by atoms with E-state index >= 15 is 0 Å². The molecule has 0 aliphatic carbocycles. The second-order valence-electron chi connectivity index (χ2n) is 4.28. The molecule has 2 aromatic carbocycles. The molecule has 0 fully saturated rings. The number of nitrogens with one attached hydrogen (secondary N) is 1. The molecule has 0 heterocycles. The van der Waals surface area contributed by atoms with Gasteiger partial charge in [0.1, 0.15) is 5.82 Å². The quantitative estimate of drug-likeness (QED) is 0.851. The molecule has 0 saturated heterocycles. The summed E-state index contributed by atoms with van der Waals surface area (Å²) in [6, 6.07) is 7.72. The van der Waals surface area contributed by atoms with Gasteiger partial charge in [0.25, 0.3) is 0 Å². The summed E-state index contributed by atoms with van der Waals surface area (Å²) < 4.78 is 31.0. The first-order valence-corrected chi connectivity index (χ1v) is 6.11. The second-order valence-corrected chi connectivity index (χ2v) is 4.28. The summed E-state index contributed by atoms with van der Waals surface area (Å²) in [5.41, 5.74) is 0.662. The molecular formula is C15H13F2NO3. The predicted octanol–water partition coefficient (Wildman–Crippen LogP) is 3.07. The van der Waals surface area contributed by atoms with E-state index in [2.05, 4.69) is 10.1 Å². The van der Waals surface area contributed by atoms with Crippen LogP contribution in [0.3, 0.4) is 0 Å². The Morgan fingerprint density at radius 2 is 2.05 bits per heavy atom. The molecule has 0 saturated carbocycles. The molecule has 0 radical (unpaired) electrons. The summed E-state index contributed by atoms with van der Waals surface area (Å²) in [6.45, 7) is 0.0687. The van der Waals surface area contributed by atoms with E-state index in [1.807, 2.05) is 0 Å². The number of ether oxygens (including phenoxy) is 1. The maximum absolute atomic E-state index is 13.2. The lowest BCUT2D eigenvalue weighted by molar-refractivity contribution is 0.0601. The number of methoxy groups -OCH3 is 1. The second kappa shape index (κ2) is 6.21. The first-order chi connectivity index (χ1) is 10.0. The molecule has 21 heavy (non-hydrogen) atoms. The van der Waals surface area contributed by atoms with Gasteiger partial charge in [-0.3, -0.25) is 0 Å². The molecule has 2 rings (SSSR count). The molecule has 0 spiro atoms. The topological polar surface area (TPSA) is 58.6 Å². The maximum Gasteiger partial charge on any atom is 0.340 e. The van der Waals surface area contributed by atoms with E-state index in [0.717, 1.165) is 12.1 Å². The summed E-state index contributed by atoms with van der Waals surface area (Å²) in [5, 5.41) is 12.4. The zero-order valence-corrected chi connectivity index (χ0v) is 11.2. The van der Waals surface area contributed by atoms with Crippen molar-refractivity contribution in [1.29, 1.82) is 0 Å². The van der Waals surface area contributed by atoms with Crippen LogP contribution >= 0.6 is 0 Å². The third-order valence-electron chi connectivity index (χ3n) is 2.93. The molecule has 6 heteroatoms. The first-order valence-electron chi connectivity index (χ1n) is 6.11. The minimum Gasteiger partial charge on any atom is -0.505 e. The first kappa shape index (κ1) is 14.8. The number of rotatable bonds is 4. The van der Waals surface area contributed by atoms with Crippen molar-refractivity contribution < 1.29 is 23.4 Å². The minimum atomic E-state index is -0.735. The SMILES string of the molecule is COC(=O)c1cc(F)ccc1NCc1cccc(F)c1O. The van der Waals surface area contributed by atoms with Gasteiger partial charge in [0.05, 0.1) is 12.7 Å². The number of anilines is 1. The number of phenols is 1. The number of hydrogen-bond donors (Lipinski definition) is 2. The van der Waals surface area contributed by atoms with Gasteiger partial charge in [-0.1, -0.05) is 12.1 Å². The highest BCUT2D eigenvalue weighted by molar-refractivity contribution is 5.95. The highest BCUT2D eigenvalue weighted by Gasteiger charge is 2.14. The van der Waals surface area contributed by atoms with Crippen molar-refractivity contribution in [2.45, 2.75) is 6.54 Å². The standard InChI is InChI=1S/C15H13F2NO3/c1-21-15(20)11-7-10(16)5-6-13(11)18-8-9-3-2-4-12(17)14(9)19/h2-7,18-19H,8H2,1H3. The van der Waals surface area contributed by atoms with Crippen LogP contribution in [0.25, 0.3) is 0 Å². The summed E-state index contributed by atoms with van der Waals surface area (Å²) in [7, 11) is 1.19. The molecule has 110 valence electrons. The third kappa shape index (κ3) is 3.28. The summed E-state index contributed by atoms with van der Waals surface area (Å²) in [4.78, 5) is 11.6. The van der Waals surface area contributed by atoms with Crippen LogP contribution in [0.2, 0.25) is 0 Å². The van der Waals surface area contributed by atoms with Gasteiger partial charge in [-0.2, -0.15) is 0 Å². The molecular weight excluding hydrogens is 280 g/mol. The fraction of sp³-hybridized carbons (Fsp3) is 0.133. The number of hydrogen-bond acceptors (Lipinski definition) is 4. The Balaban J connectivity index is 2.24. The lowest BCUT2D eigenvalue weighted by Crippen LogP contribution is -2.09. The predicted molar refractivity (Wildman–Crippen MR) is 73.1 cm³/mol. The van der Waals surface area contributed by atoms with E-state index < -0.39 is 23.4 Å². The highest BCUT2D eigenvalue weighted by Crippen LogP contribution is 2.23. The van der Waals surface area contributed by atoms with E-state index in [1.54, 1.807) is 0 Å². The van der Waals surface area contributed by atoms with Gasteiger partial charge in [0.2, 0.25) is 0 Å². The number of halogens is 2. The monoisotopic (exact) mass is 293 g/mol. The van der Waals surface area contributed by atoms with Crippen molar-refractivity contribution in [3.63, 3.8) is 0 Å². The molecule has 0 aliphatic heterocycles. The third-order valence-corrected chi connectivity index (χ3v) is 2.93. The van der Waals surface area contributed by atoms with Crippen LogP contribution in [0.1, 0.15) is 15.9 Å². The fourth-order valence-corrected chi connectivity index (χ4v) is 1.84.